The Morgan fingerprint density at radius 3 is 2.78 bits per heavy atom. The van der Waals surface area contributed by atoms with Crippen molar-refractivity contribution in [3.63, 3.8) is 0 Å². The zero-order chi connectivity index (χ0) is 19.0. The molecule has 2 aromatic rings. The van der Waals surface area contributed by atoms with Crippen LogP contribution in [-0.4, -0.2) is 54.7 Å². The van der Waals surface area contributed by atoms with Crippen molar-refractivity contribution in [2.45, 2.75) is 13.0 Å². The van der Waals surface area contributed by atoms with E-state index in [0.29, 0.717) is 49.4 Å². The van der Waals surface area contributed by atoms with Gasteiger partial charge in [0.05, 0.1) is 11.7 Å². The zero-order valence-corrected chi connectivity index (χ0v) is 15.7. The Morgan fingerprint density at radius 1 is 1.26 bits per heavy atom. The van der Waals surface area contributed by atoms with Gasteiger partial charge < -0.3 is 14.5 Å². The summed E-state index contributed by atoms with van der Waals surface area (Å²) in [5, 5.41) is 0.571. The fourth-order valence-electron chi connectivity index (χ4n) is 3.49. The maximum atomic E-state index is 14.0. The molecule has 2 aliphatic heterocycles. The van der Waals surface area contributed by atoms with E-state index in [1.807, 2.05) is 17.9 Å². The first kappa shape index (κ1) is 17.9. The van der Waals surface area contributed by atoms with Crippen molar-refractivity contribution in [1.29, 1.82) is 0 Å². The first-order valence-corrected chi connectivity index (χ1v) is 9.28. The Balaban J connectivity index is 1.49. The number of pyridine rings is 1. The molecule has 1 aromatic carbocycles. The fourth-order valence-corrected chi connectivity index (χ4v) is 3.65. The van der Waals surface area contributed by atoms with E-state index in [0.717, 1.165) is 5.69 Å². The lowest BCUT2D eigenvalue weighted by Gasteiger charge is -2.41. The molecule has 8 heteroatoms. The lowest BCUT2D eigenvalue weighted by molar-refractivity contribution is 0.190. The van der Waals surface area contributed by atoms with Crippen LogP contribution in [0.4, 0.5) is 20.7 Å². The van der Waals surface area contributed by atoms with Gasteiger partial charge in [0, 0.05) is 43.5 Å². The summed E-state index contributed by atoms with van der Waals surface area (Å²) in [5.74, 6) is 0.609. The number of hydrogen-bond acceptors (Lipinski definition) is 4. The Bertz CT molecular complexity index is 857. The van der Waals surface area contributed by atoms with E-state index in [1.165, 1.54) is 6.07 Å². The Morgan fingerprint density at radius 2 is 2.04 bits per heavy atom. The molecule has 27 heavy (non-hydrogen) atoms. The van der Waals surface area contributed by atoms with Crippen molar-refractivity contribution in [3.8, 4) is 5.75 Å². The molecule has 0 saturated carbocycles. The third-order valence-corrected chi connectivity index (χ3v) is 5.13. The molecule has 0 N–H and O–H groups in total. The molecule has 1 atom stereocenters. The van der Waals surface area contributed by atoms with Crippen LogP contribution in [0.1, 0.15) is 6.92 Å². The Hall–Kier alpha value is -2.54. The second-order valence-corrected chi connectivity index (χ2v) is 7.14. The number of aromatic nitrogens is 1. The number of ether oxygens (including phenoxy) is 1. The summed E-state index contributed by atoms with van der Waals surface area (Å²) in [5.41, 5.74) is 0.723. The SMILES string of the molecule is CC1COc2cc(Cl)ccc2N1C(=O)N1CCN(c2ncccc2F)CC1. The predicted octanol–water partition coefficient (Wildman–Crippen LogP) is 3.40. The molecule has 2 amide bonds. The number of fused-ring (bicyclic) bond motifs is 1. The van der Waals surface area contributed by atoms with Crippen LogP contribution < -0.4 is 14.5 Å². The molecule has 0 spiro atoms. The predicted molar refractivity (Wildman–Crippen MR) is 102 cm³/mol. The molecule has 142 valence electrons. The highest BCUT2D eigenvalue weighted by atomic mass is 35.5. The third-order valence-electron chi connectivity index (χ3n) is 4.90. The maximum Gasteiger partial charge on any atom is 0.325 e. The molecule has 3 heterocycles. The van der Waals surface area contributed by atoms with Gasteiger partial charge in [-0.15, -0.1) is 0 Å². The standard InChI is InChI=1S/C19H20ClFN4O2/c1-13-12-27-17-11-14(20)4-5-16(17)25(13)19(26)24-9-7-23(8-10-24)18-15(21)3-2-6-22-18/h2-6,11,13H,7-10,12H2,1H3. The second-order valence-electron chi connectivity index (χ2n) is 6.71. The molecule has 1 saturated heterocycles. The van der Waals surface area contributed by atoms with Gasteiger partial charge in [0.1, 0.15) is 12.4 Å². The van der Waals surface area contributed by atoms with Crippen molar-refractivity contribution >= 4 is 29.1 Å². The molecule has 4 rings (SSSR count). The van der Waals surface area contributed by atoms with Gasteiger partial charge in [0.25, 0.3) is 0 Å². The van der Waals surface area contributed by atoms with E-state index >= 15 is 0 Å². The van der Waals surface area contributed by atoms with Crippen LogP contribution in [0.3, 0.4) is 0 Å². The van der Waals surface area contributed by atoms with Gasteiger partial charge in [-0.1, -0.05) is 11.6 Å². The highest BCUT2D eigenvalue weighted by molar-refractivity contribution is 6.30. The van der Waals surface area contributed by atoms with Gasteiger partial charge in [0.2, 0.25) is 0 Å². The number of urea groups is 1. The summed E-state index contributed by atoms with van der Waals surface area (Å²) in [7, 11) is 0. The zero-order valence-electron chi connectivity index (χ0n) is 14.9. The van der Waals surface area contributed by atoms with Gasteiger partial charge >= 0.3 is 6.03 Å². The third kappa shape index (κ3) is 3.39. The quantitative estimate of drug-likeness (QED) is 0.748. The van der Waals surface area contributed by atoms with Gasteiger partial charge in [-0.05, 0) is 31.2 Å². The highest BCUT2D eigenvalue weighted by Crippen LogP contribution is 2.36. The number of nitrogens with zero attached hydrogens (tertiary/aromatic N) is 4. The van der Waals surface area contributed by atoms with Crippen LogP contribution in [0, 0.1) is 5.82 Å². The van der Waals surface area contributed by atoms with Crippen LogP contribution in [0.25, 0.3) is 0 Å². The minimum Gasteiger partial charge on any atom is -0.489 e. The van der Waals surface area contributed by atoms with Crippen molar-refractivity contribution < 1.29 is 13.9 Å². The number of piperazine rings is 1. The molecule has 1 aromatic heterocycles. The van der Waals surface area contributed by atoms with E-state index < -0.39 is 0 Å². The van der Waals surface area contributed by atoms with Gasteiger partial charge in [-0.3, -0.25) is 4.90 Å². The van der Waals surface area contributed by atoms with Crippen LogP contribution in [0.5, 0.6) is 5.75 Å². The summed E-state index contributed by atoms with van der Waals surface area (Å²) < 4.78 is 19.7. The number of rotatable bonds is 1. The summed E-state index contributed by atoms with van der Waals surface area (Å²) in [6.45, 7) is 4.44. The number of carbonyl (C=O) groups excluding carboxylic acids is 1. The maximum absolute atomic E-state index is 14.0. The lowest BCUT2D eigenvalue weighted by atomic mass is 10.1. The highest BCUT2D eigenvalue weighted by Gasteiger charge is 2.34. The van der Waals surface area contributed by atoms with E-state index in [9.17, 15) is 9.18 Å². The number of halogens is 2. The number of anilines is 2. The largest absolute Gasteiger partial charge is 0.489 e. The van der Waals surface area contributed by atoms with E-state index in [4.69, 9.17) is 16.3 Å². The average Bonchev–Trinajstić information content (AvgIpc) is 2.68. The van der Waals surface area contributed by atoms with E-state index in [-0.39, 0.29) is 17.9 Å². The molecule has 0 aliphatic carbocycles. The van der Waals surface area contributed by atoms with Crippen LogP contribution in [-0.2, 0) is 0 Å². The van der Waals surface area contributed by atoms with Crippen molar-refractivity contribution in [2.75, 3.05) is 42.6 Å². The first-order chi connectivity index (χ1) is 13.0. The number of hydrogen-bond donors (Lipinski definition) is 0. The van der Waals surface area contributed by atoms with Crippen LogP contribution in [0.2, 0.25) is 5.02 Å². The first-order valence-electron chi connectivity index (χ1n) is 8.90. The van der Waals surface area contributed by atoms with E-state index in [2.05, 4.69) is 4.98 Å². The van der Waals surface area contributed by atoms with Crippen molar-refractivity contribution in [1.82, 2.24) is 9.88 Å². The van der Waals surface area contributed by atoms with Gasteiger partial charge in [0.15, 0.2) is 11.6 Å². The van der Waals surface area contributed by atoms with E-state index in [1.54, 1.807) is 34.2 Å². The van der Waals surface area contributed by atoms with Crippen molar-refractivity contribution in [2.24, 2.45) is 0 Å². The summed E-state index contributed by atoms with van der Waals surface area (Å²) >= 11 is 6.04. The summed E-state index contributed by atoms with van der Waals surface area (Å²) in [6, 6.07) is 8.10. The molecule has 0 radical (unpaired) electrons. The Labute approximate surface area is 162 Å². The Kier molecular flexibility index (Phi) is 4.78. The topological polar surface area (TPSA) is 48.9 Å². The molecule has 1 fully saturated rings. The van der Waals surface area contributed by atoms with Crippen molar-refractivity contribution in [3.05, 3.63) is 47.4 Å². The number of benzene rings is 1. The number of carbonyl (C=O) groups is 1. The smallest absolute Gasteiger partial charge is 0.325 e. The number of amides is 2. The normalized spacial score (nSPS) is 19.5. The average molecular weight is 391 g/mol. The summed E-state index contributed by atoms with van der Waals surface area (Å²) in [4.78, 5) is 22.7. The minimum atomic E-state index is -0.343. The lowest BCUT2D eigenvalue weighted by Crippen LogP contribution is -2.56. The van der Waals surface area contributed by atoms with Gasteiger partial charge in [-0.25, -0.2) is 14.2 Å². The minimum absolute atomic E-state index is 0.0736. The van der Waals surface area contributed by atoms with Crippen LogP contribution >= 0.6 is 11.6 Å². The van der Waals surface area contributed by atoms with Crippen LogP contribution in [0.15, 0.2) is 36.5 Å². The molecule has 0 bridgehead atoms. The fraction of sp³-hybridized carbons (Fsp3) is 0.368. The molecule has 2 aliphatic rings. The monoisotopic (exact) mass is 390 g/mol. The van der Waals surface area contributed by atoms with Gasteiger partial charge in [-0.2, -0.15) is 0 Å². The molecule has 1 unspecified atom stereocenters. The molecule has 6 nitrogen and oxygen atoms in total. The summed E-state index contributed by atoms with van der Waals surface area (Å²) in [6.07, 6.45) is 1.58. The molecular weight excluding hydrogens is 371 g/mol. The molecular formula is C19H20ClFN4O2. The second kappa shape index (κ2) is 7.23.